The first-order valence-corrected chi connectivity index (χ1v) is 8.82. The van der Waals surface area contributed by atoms with Crippen LogP contribution in [-0.2, 0) is 6.42 Å². The average Bonchev–Trinajstić information content (AvgIpc) is 3.31. The zero-order valence-corrected chi connectivity index (χ0v) is 13.8. The molecule has 5 heteroatoms. The van der Waals surface area contributed by atoms with Gasteiger partial charge in [0.1, 0.15) is 5.69 Å². The summed E-state index contributed by atoms with van der Waals surface area (Å²) < 4.78 is 1.95. The van der Waals surface area contributed by atoms with Gasteiger partial charge in [0.25, 0.3) is 5.91 Å². The van der Waals surface area contributed by atoms with Gasteiger partial charge >= 0.3 is 0 Å². The Morgan fingerprint density at radius 1 is 1.21 bits per heavy atom. The fourth-order valence-electron chi connectivity index (χ4n) is 4.06. The molecule has 0 bridgehead atoms. The van der Waals surface area contributed by atoms with E-state index in [0.717, 1.165) is 24.8 Å². The summed E-state index contributed by atoms with van der Waals surface area (Å²) in [5, 5.41) is 14.4. The molecule has 1 aliphatic heterocycles. The molecule has 5 nitrogen and oxygen atoms in total. The Balaban J connectivity index is 1.58. The molecule has 1 saturated carbocycles. The molecule has 0 unspecified atom stereocenters. The number of rotatable bonds is 3. The maximum Gasteiger partial charge on any atom is 0.274 e. The number of hydrogen-bond donors (Lipinski definition) is 1. The van der Waals surface area contributed by atoms with Gasteiger partial charge in [-0.3, -0.25) is 9.48 Å². The van der Waals surface area contributed by atoms with Crippen LogP contribution in [0.5, 0.6) is 0 Å². The van der Waals surface area contributed by atoms with Crippen LogP contribution in [0, 0.1) is 0 Å². The number of aliphatic hydroxyl groups excluding tert-OH is 1. The molecule has 4 rings (SSSR count). The lowest BCUT2D eigenvalue weighted by Crippen LogP contribution is -2.41. The number of nitrogens with zero attached hydrogens (tertiary/aromatic N) is 3. The summed E-state index contributed by atoms with van der Waals surface area (Å²) in [4.78, 5) is 14.7. The smallest absolute Gasteiger partial charge is 0.274 e. The van der Waals surface area contributed by atoms with Crippen LogP contribution in [-0.4, -0.2) is 38.8 Å². The molecule has 1 N–H and O–H groups in total. The second kappa shape index (κ2) is 6.40. The number of aromatic nitrogens is 2. The molecule has 1 atom stereocenters. The van der Waals surface area contributed by atoms with Gasteiger partial charge in [0.15, 0.2) is 0 Å². The van der Waals surface area contributed by atoms with E-state index in [1.54, 1.807) is 4.90 Å². The van der Waals surface area contributed by atoms with Crippen molar-refractivity contribution in [1.82, 2.24) is 14.7 Å². The SMILES string of the molecule is O=C(c1ccn(C2CCCC2)n1)N1CCc2ccccc2[C@@H]1CO. The number of fused-ring (bicyclic) bond motifs is 1. The van der Waals surface area contributed by atoms with E-state index in [1.165, 1.54) is 18.4 Å². The van der Waals surface area contributed by atoms with E-state index in [4.69, 9.17) is 0 Å². The third-order valence-corrected chi connectivity index (χ3v) is 5.37. The summed E-state index contributed by atoms with van der Waals surface area (Å²) in [6, 6.07) is 10.0. The van der Waals surface area contributed by atoms with Crippen LogP contribution in [0.4, 0.5) is 0 Å². The van der Waals surface area contributed by atoms with Gasteiger partial charge in [-0.05, 0) is 36.5 Å². The van der Waals surface area contributed by atoms with E-state index in [1.807, 2.05) is 35.1 Å². The standard InChI is InChI=1S/C19H23N3O2/c23-13-18-16-8-4-1-5-14(16)9-11-21(18)19(24)17-10-12-22(20-17)15-6-2-3-7-15/h1,4-5,8,10,12,15,18,23H,2-3,6-7,9,11,13H2/t18-/m0/s1. The highest BCUT2D eigenvalue weighted by Crippen LogP contribution is 2.31. The van der Waals surface area contributed by atoms with Crippen LogP contribution in [0.25, 0.3) is 0 Å². The molecule has 0 spiro atoms. The number of carbonyl (C=O) groups is 1. The Hall–Kier alpha value is -2.14. The van der Waals surface area contributed by atoms with Crippen LogP contribution in [0.1, 0.15) is 59.4 Å². The van der Waals surface area contributed by atoms with Crippen LogP contribution < -0.4 is 0 Å². The van der Waals surface area contributed by atoms with Crippen molar-refractivity contribution >= 4 is 5.91 Å². The first-order chi connectivity index (χ1) is 11.8. The lowest BCUT2D eigenvalue weighted by atomic mass is 9.93. The van der Waals surface area contributed by atoms with Crippen LogP contribution in [0.15, 0.2) is 36.5 Å². The fourth-order valence-corrected chi connectivity index (χ4v) is 4.06. The minimum Gasteiger partial charge on any atom is -0.394 e. The van der Waals surface area contributed by atoms with Crippen molar-refractivity contribution in [2.75, 3.05) is 13.2 Å². The van der Waals surface area contributed by atoms with E-state index in [0.29, 0.717) is 18.3 Å². The topological polar surface area (TPSA) is 58.4 Å². The van der Waals surface area contributed by atoms with Gasteiger partial charge in [0, 0.05) is 12.7 Å². The largest absolute Gasteiger partial charge is 0.394 e. The van der Waals surface area contributed by atoms with Gasteiger partial charge in [-0.25, -0.2) is 0 Å². The first kappa shape index (κ1) is 15.4. The summed E-state index contributed by atoms with van der Waals surface area (Å²) in [6.45, 7) is 0.559. The first-order valence-electron chi connectivity index (χ1n) is 8.82. The molecule has 0 saturated heterocycles. The lowest BCUT2D eigenvalue weighted by Gasteiger charge is -2.36. The zero-order valence-electron chi connectivity index (χ0n) is 13.8. The van der Waals surface area contributed by atoms with E-state index in [9.17, 15) is 9.90 Å². The Labute approximate surface area is 141 Å². The van der Waals surface area contributed by atoms with Crippen LogP contribution in [0.3, 0.4) is 0 Å². The van der Waals surface area contributed by atoms with Crippen molar-refractivity contribution in [3.8, 4) is 0 Å². The maximum atomic E-state index is 12.9. The van der Waals surface area contributed by atoms with Crippen LogP contribution in [0.2, 0.25) is 0 Å². The second-order valence-electron chi connectivity index (χ2n) is 6.77. The predicted molar refractivity (Wildman–Crippen MR) is 90.7 cm³/mol. The summed E-state index contributed by atoms with van der Waals surface area (Å²) >= 11 is 0. The van der Waals surface area contributed by atoms with Gasteiger partial charge in [0.2, 0.25) is 0 Å². The van der Waals surface area contributed by atoms with Crippen molar-refractivity contribution in [2.45, 2.75) is 44.2 Å². The van der Waals surface area contributed by atoms with E-state index in [2.05, 4.69) is 11.2 Å². The van der Waals surface area contributed by atoms with E-state index in [-0.39, 0.29) is 18.6 Å². The number of aliphatic hydroxyl groups is 1. The normalized spacial score (nSPS) is 21.0. The number of hydrogen-bond acceptors (Lipinski definition) is 3. The predicted octanol–water partition coefficient (Wildman–Crippen LogP) is 2.73. The highest BCUT2D eigenvalue weighted by molar-refractivity contribution is 5.92. The Kier molecular flexibility index (Phi) is 4.10. The number of amides is 1. The molecule has 1 aromatic heterocycles. The molecule has 2 aromatic rings. The highest BCUT2D eigenvalue weighted by atomic mass is 16.3. The van der Waals surface area contributed by atoms with Gasteiger partial charge in [-0.1, -0.05) is 37.1 Å². The van der Waals surface area contributed by atoms with E-state index >= 15 is 0 Å². The summed E-state index contributed by atoms with van der Waals surface area (Å²) in [5.41, 5.74) is 2.76. The van der Waals surface area contributed by atoms with Crippen molar-refractivity contribution < 1.29 is 9.90 Å². The van der Waals surface area contributed by atoms with Crippen LogP contribution >= 0.6 is 0 Å². The Morgan fingerprint density at radius 3 is 2.79 bits per heavy atom. The summed E-state index contributed by atoms with van der Waals surface area (Å²) in [7, 11) is 0. The van der Waals surface area contributed by atoms with Gasteiger partial charge < -0.3 is 10.0 Å². The molecule has 1 aliphatic carbocycles. The third-order valence-electron chi connectivity index (χ3n) is 5.37. The van der Waals surface area contributed by atoms with Crippen molar-refractivity contribution in [3.63, 3.8) is 0 Å². The van der Waals surface area contributed by atoms with Crippen molar-refractivity contribution in [2.24, 2.45) is 0 Å². The molecule has 1 aromatic carbocycles. The quantitative estimate of drug-likeness (QED) is 0.944. The van der Waals surface area contributed by atoms with E-state index < -0.39 is 0 Å². The molecule has 2 heterocycles. The monoisotopic (exact) mass is 325 g/mol. The second-order valence-corrected chi connectivity index (χ2v) is 6.77. The highest BCUT2D eigenvalue weighted by Gasteiger charge is 2.32. The van der Waals surface area contributed by atoms with Gasteiger partial charge in [-0.15, -0.1) is 0 Å². The van der Waals surface area contributed by atoms with Crippen molar-refractivity contribution in [1.29, 1.82) is 0 Å². The molecule has 24 heavy (non-hydrogen) atoms. The van der Waals surface area contributed by atoms with Gasteiger partial charge in [0.05, 0.1) is 18.7 Å². The maximum absolute atomic E-state index is 12.9. The third kappa shape index (κ3) is 2.63. The molecular formula is C19H23N3O2. The Bertz CT molecular complexity index is 734. The van der Waals surface area contributed by atoms with Gasteiger partial charge in [-0.2, -0.15) is 5.10 Å². The molecule has 1 amide bonds. The fraction of sp³-hybridized carbons (Fsp3) is 0.474. The minimum atomic E-state index is -0.279. The molecule has 1 fully saturated rings. The molecule has 2 aliphatic rings. The molecular weight excluding hydrogens is 302 g/mol. The average molecular weight is 325 g/mol. The zero-order chi connectivity index (χ0) is 16.5. The van der Waals surface area contributed by atoms with Crippen molar-refractivity contribution in [3.05, 3.63) is 53.3 Å². The Morgan fingerprint density at radius 2 is 2.00 bits per heavy atom. The summed E-state index contributed by atoms with van der Waals surface area (Å²) in [5.74, 6) is -0.0831. The number of carbonyl (C=O) groups excluding carboxylic acids is 1. The summed E-state index contributed by atoms with van der Waals surface area (Å²) in [6.07, 6.45) is 7.51. The lowest BCUT2D eigenvalue weighted by molar-refractivity contribution is 0.0561. The molecule has 126 valence electrons. The number of benzene rings is 1. The molecule has 0 radical (unpaired) electrons. The minimum absolute atomic E-state index is 0.0634.